The molecule has 0 fully saturated rings. The number of carbonyl (C=O) groups is 1. The zero-order valence-corrected chi connectivity index (χ0v) is 11.8. The third kappa shape index (κ3) is 3.01. The first-order valence-electron chi connectivity index (χ1n) is 6.92. The molecule has 0 radical (unpaired) electrons. The summed E-state index contributed by atoms with van der Waals surface area (Å²) in [6, 6.07) is 15.6. The molecule has 3 rings (SSSR count). The van der Waals surface area contributed by atoms with Crippen LogP contribution in [0.15, 0.2) is 60.8 Å². The van der Waals surface area contributed by atoms with Crippen LogP contribution in [0.25, 0.3) is 17.0 Å². The van der Waals surface area contributed by atoms with Crippen LogP contribution in [-0.2, 0) is 11.4 Å². The van der Waals surface area contributed by atoms with Crippen molar-refractivity contribution in [1.82, 2.24) is 4.98 Å². The van der Waals surface area contributed by atoms with Crippen LogP contribution in [0.3, 0.4) is 0 Å². The van der Waals surface area contributed by atoms with Gasteiger partial charge in [-0.1, -0.05) is 36.4 Å². The highest BCUT2D eigenvalue weighted by molar-refractivity contribution is 5.96. The third-order valence-electron chi connectivity index (χ3n) is 3.34. The number of hydrogen-bond acceptors (Lipinski definition) is 2. The average molecular weight is 293 g/mol. The minimum atomic E-state index is -0.975. The fraction of sp³-hybridized carbons (Fsp3) is 0.0556. The zero-order chi connectivity index (χ0) is 15.4. The summed E-state index contributed by atoms with van der Waals surface area (Å²) in [7, 11) is 0. The molecule has 0 aliphatic rings. The van der Waals surface area contributed by atoms with Gasteiger partial charge in [0.1, 0.15) is 12.4 Å². The zero-order valence-electron chi connectivity index (χ0n) is 11.8. The monoisotopic (exact) mass is 293 g/mol. The van der Waals surface area contributed by atoms with Crippen molar-refractivity contribution in [2.75, 3.05) is 0 Å². The van der Waals surface area contributed by atoms with Crippen LogP contribution in [0.1, 0.15) is 11.1 Å². The number of hydrogen-bond donors (Lipinski definition) is 2. The van der Waals surface area contributed by atoms with Crippen LogP contribution in [-0.4, -0.2) is 16.1 Å². The summed E-state index contributed by atoms with van der Waals surface area (Å²) in [5.74, 6) is -0.246. The molecule has 0 amide bonds. The molecule has 0 spiro atoms. The molecule has 22 heavy (non-hydrogen) atoms. The van der Waals surface area contributed by atoms with Crippen LogP contribution < -0.4 is 4.74 Å². The average Bonchev–Trinajstić information content (AvgIpc) is 2.96. The predicted octanol–water partition coefficient (Wildman–Crippen LogP) is 3.84. The molecule has 4 heteroatoms. The topological polar surface area (TPSA) is 62.3 Å². The molecule has 3 aromatic rings. The number of aromatic nitrogens is 1. The number of rotatable bonds is 5. The van der Waals surface area contributed by atoms with E-state index < -0.39 is 5.97 Å². The fourth-order valence-corrected chi connectivity index (χ4v) is 2.32. The molecule has 0 unspecified atom stereocenters. The summed E-state index contributed by atoms with van der Waals surface area (Å²) < 4.78 is 5.91. The molecule has 0 atom stereocenters. The number of ether oxygens (including phenoxy) is 1. The Balaban J connectivity index is 1.91. The maximum absolute atomic E-state index is 10.7. The first kappa shape index (κ1) is 13.9. The minimum absolute atomic E-state index is 0.465. The van der Waals surface area contributed by atoms with Gasteiger partial charge in [0.25, 0.3) is 0 Å². The Labute approximate surface area is 127 Å². The van der Waals surface area contributed by atoms with E-state index in [-0.39, 0.29) is 0 Å². The van der Waals surface area contributed by atoms with E-state index in [9.17, 15) is 4.79 Å². The highest BCUT2D eigenvalue weighted by Crippen LogP contribution is 2.30. The van der Waals surface area contributed by atoms with E-state index in [1.165, 1.54) is 0 Å². The Kier molecular flexibility index (Phi) is 3.92. The lowest BCUT2D eigenvalue weighted by atomic mass is 10.1. The highest BCUT2D eigenvalue weighted by Gasteiger charge is 2.08. The van der Waals surface area contributed by atoms with Crippen molar-refractivity contribution in [2.24, 2.45) is 0 Å². The van der Waals surface area contributed by atoms with Crippen LogP contribution in [0, 0.1) is 0 Å². The molecule has 1 aromatic heterocycles. The molecular weight excluding hydrogens is 278 g/mol. The number of H-pyrrole nitrogens is 1. The summed E-state index contributed by atoms with van der Waals surface area (Å²) in [5.41, 5.74) is 2.79. The normalized spacial score (nSPS) is 11.1. The van der Waals surface area contributed by atoms with E-state index in [1.54, 1.807) is 12.3 Å². The number of aromatic amines is 1. The second-order valence-corrected chi connectivity index (χ2v) is 4.87. The number of nitrogens with one attached hydrogen (secondary N) is 1. The molecule has 0 aliphatic carbocycles. The van der Waals surface area contributed by atoms with Gasteiger partial charge in [0.15, 0.2) is 0 Å². The van der Waals surface area contributed by atoms with Crippen molar-refractivity contribution in [2.45, 2.75) is 6.61 Å². The van der Waals surface area contributed by atoms with Crippen LogP contribution in [0.5, 0.6) is 5.75 Å². The number of aliphatic carboxylic acids is 1. The summed E-state index contributed by atoms with van der Waals surface area (Å²) in [4.78, 5) is 13.8. The molecule has 0 saturated carbocycles. The largest absolute Gasteiger partial charge is 0.488 e. The quantitative estimate of drug-likeness (QED) is 0.702. The fourth-order valence-electron chi connectivity index (χ4n) is 2.32. The standard InChI is InChI=1S/C18H15NO3/c20-17(21)10-9-14-11-19-15-7-4-8-16(18(14)15)22-12-13-5-2-1-3-6-13/h1-11,19H,12H2,(H,20,21)/b10-9+. The highest BCUT2D eigenvalue weighted by atomic mass is 16.5. The van der Waals surface area contributed by atoms with Crippen LogP contribution in [0.4, 0.5) is 0 Å². The molecule has 110 valence electrons. The second kappa shape index (κ2) is 6.18. The van der Waals surface area contributed by atoms with Gasteiger partial charge in [0.2, 0.25) is 0 Å². The Bertz CT molecular complexity index is 819. The summed E-state index contributed by atoms with van der Waals surface area (Å²) in [6.07, 6.45) is 4.46. The van der Waals surface area contributed by atoms with Crippen molar-refractivity contribution in [3.05, 3.63) is 71.9 Å². The van der Waals surface area contributed by atoms with Crippen LogP contribution in [0.2, 0.25) is 0 Å². The molecule has 2 aromatic carbocycles. The van der Waals surface area contributed by atoms with Gasteiger partial charge in [-0.25, -0.2) is 4.79 Å². The Morgan fingerprint density at radius 2 is 1.95 bits per heavy atom. The van der Waals surface area contributed by atoms with Gasteiger partial charge in [-0.15, -0.1) is 0 Å². The van der Waals surface area contributed by atoms with Gasteiger partial charge in [0, 0.05) is 28.7 Å². The van der Waals surface area contributed by atoms with Gasteiger partial charge in [0.05, 0.1) is 0 Å². The molecule has 4 nitrogen and oxygen atoms in total. The first-order valence-corrected chi connectivity index (χ1v) is 6.92. The van der Waals surface area contributed by atoms with Crippen LogP contribution >= 0.6 is 0 Å². The van der Waals surface area contributed by atoms with E-state index in [2.05, 4.69) is 4.98 Å². The van der Waals surface area contributed by atoms with Crippen molar-refractivity contribution >= 4 is 22.9 Å². The summed E-state index contributed by atoms with van der Waals surface area (Å²) >= 11 is 0. The summed E-state index contributed by atoms with van der Waals surface area (Å²) in [6.45, 7) is 0.465. The molecule has 2 N–H and O–H groups in total. The van der Waals surface area contributed by atoms with Crippen molar-refractivity contribution < 1.29 is 14.6 Å². The van der Waals surface area contributed by atoms with E-state index in [4.69, 9.17) is 9.84 Å². The number of carboxylic acid groups (broad SMARTS) is 1. The van der Waals surface area contributed by atoms with Gasteiger partial charge < -0.3 is 14.8 Å². The van der Waals surface area contributed by atoms with Gasteiger partial charge in [-0.05, 0) is 23.8 Å². The molecule has 0 aliphatic heterocycles. The minimum Gasteiger partial charge on any atom is -0.488 e. The van der Waals surface area contributed by atoms with E-state index in [1.807, 2.05) is 48.5 Å². The Morgan fingerprint density at radius 1 is 1.14 bits per heavy atom. The number of fused-ring (bicyclic) bond motifs is 1. The van der Waals surface area contributed by atoms with Gasteiger partial charge >= 0.3 is 5.97 Å². The van der Waals surface area contributed by atoms with Crippen molar-refractivity contribution in [3.63, 3.8) is 0 Å². The smallest absolute Gasteiger partial charge is 0.328 e. The lowest BCUT2D eigenvalue weighted by molar-refractivity contribution is -0.131. The SMILES string of the molecule is O=C(O)/C=C/c1c[nH]c2cccc(OCc3ccccc3)c12. The predicted molar refractivity (Wildman–Crippen MR) is 85.7 cm³/mol. The number of carboxylic acids is 1. The van der Waals surface area contributed by atoms with E-state index in [0.29, 0.717) is 6.61 Å². The summed E-state index contributed by atoms with van der Waals surface area (Å²) in [5, 5.41) is 9.66. The lowest BCUT2D eigenvalue weighted by Crippen LogP contribution is -1.95. The first-order chi connectivity index (χ1) is 10.7. The van der Waals surface area contributed by atoms with Gasteiger partial charge in [-0.3, -0.25) is 0 Å². The molecule has 0 bridgehead atoms. The van der Waals surface area contributed by atoms with E-state index >= 15 is 0 Å². The third-order valence-corrected chi connectivity index (χ3v) is 3.34. The van der Waals surface area contributed by atoms with Crippen molar-refractivity contribution in [3.8, 4) is 5.75 Å². The van der Waals surface area contributed by atoms with Gasteiger partial charge in [-0.2, -0.15) is 0 Å². The molecule has 1 heterocycles. The maximum atomic E-state index is 10.7. The molecular formula is C18H15NO3. The maximum Gasteiger partial charge on any atom is 0.328 e. The second-order valence-electron chi connectivity index (χ2n) is 4.87. The Hall–Kier alpha value is -3.01. The Morgan fingerprint density at radius 3 is 2.73 bits per heavy atom. The van der Waals surface area contributed by atoms with Crippen molar-refractivity contribution in [1.29, 1.82) is 0 Å². The number of benzene rings is 2. The van der Waals surface area contributed by atoms with E-state index in [0.717, 1.165) is 33.9 Å². The molecule has 0 saturated heterocycles. The lowest BCUT2D eigenvalue weighted by Gasteiger charge is -2.08.